The molecule has 1 aromatic heterocycles. The molecule has 0 amide bonds. The highest BCUT2D eigenvalue weighted by molar-refractivity contribution is 4.83. The first-order chi connectivity index (χ1) is 7.59. The van der Waals surface area contributed by atoms with Crippen LogP contribution >= 0.6 is 0 Å². The third-order valence-corrected chi connectivity index (χ3v) is 2.83. The molecule has 16 heavy (non-hydrogen) atoms. The Balaban J connectivity index is 2.15. The Morgan fingerprint density at radius 1 is 1.31 bits per heavy atom. The van der Waals surface area contributed by atoms with Crippen LogP contribution < -0.4 is 5.32 Å². The monoisotopic (exact) mass is 224 g/mol. The van der Waals surface area contributed by atoms with Crippen molar-refractivity contribution < 1.29 is 0 Å². The summed E-state index contributed by atoms with van der Waals surface area (Å²) in [6.45, 7) is 7.59. The average molecular weight is 224 g/mol. The molecule has 1 atom stereocenters. The first-order valence-electron chi connectivity index (χ1n) is 6.16. The van der Waals surface area contributed by atoms with Gasteiger partial charge in [0.1, 0.15) is 12.2 Å². The molecular formula is C12H24N4. The van der Waals surface area contributed by atoms with E-state index >= 15 is 0 Å². The highest BCUT2D eigenvalue weighted by Gasteiger charge is 2.05. The Bertz CT molecular complexity index is 293. The summed E-state index contributed by atoms with van der Waals surface area (Å²) in [7, 11) is 1.97. The molecule has 4 heteroatoms. The lowest BCUT2D eigenvalue weighted by Crippen LogP contribution is -2.26. The molecule has 0 saturated heterocycles. The van der Waals surface area contributed by atoms with Gasteiger partial charge in [0.25, 0.3) is 0 Å². The number of nitrogens with zero attached hydrogens (tertiary/aromatic N) is 3. The van der Waals surface area contributed by atoms with E-state index in [9.17, 15) is 0 Å². The quantitative estimate of drug-likeness (QED) is 0.771. The van der Waals surface area contributed by atoms with Crippen molar-refractivity contribution in [2.75, 3.05) is 0 Å². The fourth-order valence-corrected chi connectivity index (χ4v) is 1.67. The molecule has 0 aromatic carbocycles. The Labute approximate surface area is 98.5 Å². The second-order valence-corrected chi connectivity index (χ2v) is 4.96. The first-order valence-corrected chi connectivity index (χ1v) is 6.16. The Hall–Kier alpha value is -0.900. The minimum Gasteiger partial charge on any atom is -0.320 e. The predicted octanol–water partition coefficient (Wildman–Crippen LogP) is 2.12. The first kappa shape index (κ1) is 13.2. The second kappa shape index (κ2) is 6.63. The van der Waals surface area contributed by atoms with Crippen LogP contribution in [-0.4, -0.2) is 20.8 Å². The zero-order valence-electron chi connectivity index (χ0n) is 10.9. The normalized spacial score (nSPS) is 13.3. The number of aryl methyl sites for hydroxylation is 1. The molecule has 1 aromatic rings. The Morgan fingerprint density at radius 2 is 2.06 bits per heavy atom. The van der Waals surface area contributed by atoms with Gasteiger partial charge in [-0.3, -0.25) is 0 Å². The van der Waals surface area contributed by atoms with Crippen molar-refractivity contribution in [3.05, 3.63) is 12.2 Å². The molecule has 4 nitrogen and oxygen atoms in total. The van der Waals surface area contributed by atoms with Gasteiger partial charge in [-0.1, -0.05) is 26.7 Å². The van der Waals surface area contributed by atoms with E-state index in [1.165, 1.54) is 19.3 Å². The second-order valence-electron chi connectivity index (χ2n) is 4.96. The number of nitrogens with one attached hydrogen (secondary N) is 1. The van der Waals surface area contributed by atoms with E-state index in [1.54, 1.807) is 6.33 Å². The van der Waals surface area contributed by atoms with Crippen LogP contribution in [0.15, 0.2) is 6.33 Å². The van der Waals surface area contributed by atoms with E-state index in [2.05, 4.69) is 36.3 Å². The molecule has 0 saturated carbocycles. The molecular weight excluding hydrogens is 200 g/mol. The minimum atomic E-state index is 0.551. The maximum Gasteiger partial charge on any atom is 0.146 e. The van der Waals surface area contributed by atoms with Crippen LogP contribution in [-0.2, 0) is 13.6 Å². The molecule has 92 valence electrons. The van der Waals surface area contributed by atoms with Gasteiger partial charge in [-0.15, -0.1) is 10.2 Å². The number of rotatable bonds is 7. The van der Waals surface area contributed by atoms with Crippen molar-refractivity contribution >= 4 is 0 Å². The van der Waals surface area contributed by atoms with Crippen LogP contribution in [0.2, 0.25) is 0 Å². The molecule has 0 bridgehead atoms. The number of aromatic nitrogens is 3. The summed E-state index contributed by atoms with van der Waals surface area (Å²) < 4.78 is 1.95. The molecule has 0 fully saturated rings. The summed E-state index contributed by atoms with van der Waals surface area (Å²) in [6, 6.07) is 0.551. The SMILES string of the molecule is CC(C)CCCC(C)NCc1nncn1C. The van der Waals surface area contributed by atoms with Crippen molar-refractivity contribution in [3.63, 3.8) is 0 Å². The predicted molar refractivity (Wildman–Crippen MR) is 66.0 cm³/mol. The molecule has 1 heterocycles. The van der Waals surface area contributed by atoms with E-state index in [1.807, 2.05) is 11.6 Å². The van der Waals surface area contributed by atoms with Gasteiger partial charge >= 0.3 is 0 Å². The van der Waals surface area contributed by atoms with Crippen molar-refractivity contribution in [1.82, 2.24) is 20.1 Å². The van der Waals surface area contributed by atoms with Crippen LogP contribution in [0.25, 0.3) is 0 Å². The van der Waals surface area contributed by atoms with Gasteiger partial charge < -0.3 is 9.88 Å². The smallest absolute Gasteiger partial charge is 0.146 e. The average Bonchev–Trinajstić information content (AvgIpc) is 2.60. The molecule has 1 N–H and O–H groups in total. The fourth-order valence-electron chi connectivity index (χ4n) is 1.67. The van der Waals surface area contributed by atoms with E-state index in [4.69, 9.17) is 0 Å². The van der Waals surface area contributed by atoms with E-state index < -0.39 is 0 Å². The molecule has 0 aliphatic rings. The van der Waals surface area contributed by atoms with Crippen molar-refractivity contribution in [3.8, 4) is 0 Å². The molecule has 0 radical (unpaired) electrons. The summed E-state index contributed by atoms with van der Waals surface area (Å²) in [5.74, 6) is 1.81. The van der Waals surface area contributed by atoms with E-state index in [0.29, 0.717) is 6.04 Å². The van der Waals surface area contributed by atoms with Gasteiger partial charge in [0.2, 0.25) is 0 Å². The molecule has 1 rings (SSSR count). The number of hydrogen-bond acceptors (Lipinski definition) is 3. The highest BCUT2D eigenvalue weighted by atomic mass is 15.3. The molecule has 0 aliphatic carbocycles. The minimum absolute atomic E-state index is 0.551. The Morgan fingerprint density at radius 3 is 2.62 bits per heavy atom. The molecule has 0 aliphatic heterocycles. The fraction of sp³-hybridized carbons (Fsp3) is 0.833. The highest BCUT2D eigenvalue weighted by Crippen LogP contribution is 2.08. The summed E-state index contributed by atoms with van der Waals surface area (Å²) >= 11 is 0. The summed E-state index contributed by atoms with van der Waals surface area (Å²) in [4.78, 5) is 0. The summed E-state index contributed by atoms with van der Waals surface area (Å²) in [5, 5.41) is 11.4. The zero-order chi connectivity index (χ0) is 12.0. The van der Waals surface area contributed by atoms with Gasteiger partial charge in [-0.2, -0.15) is 0 Å². The topological polar surface area (TPSA) is 42.7 Å². The van der Waals surface area contributed by atoms with Crippen LogP contribution in [0.3, 0.4) is 0 Å². The maximum atomic E-state index is 4.05. The lowest BCUT2D eigenvalue weighted by Gasteiger charge is -2.13. The van der Waals surface area contributed by atoms with Crippen molar-refractivity contribution in [2.45, 2.75) is 52.6 Å². The van der Waals surface area contributed by atoms with Gasteiger partial charge in [0, 0.05) is 13.1 Å². The summed E-state index contributed by atoms with van der Waals surface area (Å²) in [6.07, 6.45) is 5.58. The largest absolute Gasteiger partial charge is 0.320 e. The van der Waals surface area contributed by atoms with Gasteiger partial charge in [-0.05, 0) is 19.3 Å². The van der Waals surface area contributed by atoms with Crippen molar-refractivity contribution in [2.24, 2.45) is 13.0 Å². The third kappa shape index (κ3) is 4.75. The van der Waals surface area contributed by atoms with E-state index in [-0.39, 0.29) is 0 Å². The van der Waals surface area contributed by atoms with Crippen molar-refractivity contribution in [1.29, 1.82) is 0 Å². The standard InChI is InChI=1S/C12H24N4/c1-10(2)6-5-7-11(3)13-8-12-15-14-9-16(12)4/h9-11,13H,5-8H2,1-4H3. The van der Waals surface area contributed by atoms with Gasteiger partial charge in [-0.25, -0.2) is 0 Å². The Kier molecular flexibility index (Phi) is 5.46. The molecule has 0 spiro atoms. The van der Waals surface area contributed by atoms with Gasteiger partial charge in [0.05, 0.1) is 6.54 Å². The lowest BCUT2D eigenvalue weighted by molar-refractivity contribution is 0.450. The summed E-state index contributed by atoms with van der Waals surface area (Å²) in [5.41, 5.74) is 0. The van der Waals surface area contributed by atoms with Gasteiger partial charge in [0.15, 0.2) is 0 Å². The van der Waals surface area contributed by atoms with Crippen LogP contribution in [0.1, 0.15) is 45.9 Å². The zero-order valence-corrected chi connectivity index (χ0v) is 10.9. The van der Waals surface area contributed by atoms with E-state index in [0.717, 1.165) is 18.3 Å². The number of hydrogen-bond donors (Lipinski definition) is 1. The van der Waals surface area contributed by atoms with Crippen LogP contribution in [0, 0.1) is 5.92 Å². The van der Waals surface area contributed by atoms with Crippen LogP contribution in [0.5, 0.6) is 0 Å². The lowest BCUT2D eigenvalue weighted by atomic mass is 10.0. The molecule has 1 unspecified atom stereocenters. The maximum absolute atomic E-state index is 4.05. The van der Waals surface area contributed by atoms with Crippen LogP contribution in [0.4, 0.5) is 0 Å². The third-order valence-electron chi connectivity index (χ3n) is 2.83.